The van der Waals surface area contributed by atoms with Crippen molar-refractivity contribution in [1.29, 1.82) is 0 Å². The van der Waals surface area contributed by atoms with E-state index in [2.05, 4.69) is 273 Å². The number of hydrogen-bond donors (Lipinski definition) is 0. The van der Waals surface area contributed by atoms with Gasteiger partial charge in [-0.15, -0.1) is 0 Å². The van der Waals surface area contributed by atoms with Gasteiger partial charge in [0.25, 0.3) is 0 Å². The Hall–Kier alpha value is -5.93. The van der Waals surface area contributed by atoms with Crippen molar-refractivity contribution >= 4 is 87.3 Å². The topological polar surface area (TPSA) is 27.7 Å². The third-order valence-electron chi connectivity index (χ3n) is 11.3. The molecule has 296 valence electrons. The van der Waals surface area contributed by atoms with E-state index in [1.165, 1.54) is 0 Å². The molecule has 0 saturated carbocycles. The van der Waals surface area contributed by atoms with Crippen LogP contribution in [0.4, 0.5) is 0 Å². The van der Waals surface area contributed by atoms with Gasteiger partial charge >= 0.3 is 371 Å². The molecule has 0 heterocycles. The van der Waals surface area contributed by atoms with Crippen LogP contribution in [0.1, 0.15) is 0 Å². The third-order valence-corrected chi connectivity index (χ3v) is 30.8. The SMILES string of the molecule is c1ccc([Si](O[As](O[Si](c2ccccc2)(c2ccccc2)c2ccccc2)O[Si](c2ccccc2)(c2ccccc2)c2ccccc2)(c2ccccc2)c2ccccc2)cc1. The molecule has 0 spiro atoms. The summed E-state index contributed by atoms with van der Waals surface area (Å²) < 4.78 is 25.0. The summed E-state index contributed by atoms with van der Waals surface area (Å²) in [5.41, 5.74) is 0. The molecule has 0 radical (unpaired) electrons. The number of benzene rings is 9. The second kappa shape index (κ2) is 18.8. The summed E-state index contributed by atoms with van der Waals surface area (Å²) in [4.78, 5) is 0. The quantitative estimate of drug-likeness (QED) is 0.0932. The van der Waals surface area contributed by atoms with Gasteiger partial charge in [-0.3, -0.25) is 0 Å². The van der Waals surface area contributed by atoms with E-state index in [1.807, 2.05) is 0 Å². The molecule has 0 amide bonds. The van der Waals surface area contributed by atoms with Crippen molar-refractivity contribution in [3.05, 3.63) is 273 Å². The maximum absolute atomic E-state index is 8.35. The molecule has 3 nitrogen and oxygen atoms in total. The summed E-state index contributed by atoms with van der Waals surface area (Å²) in [5, 5.41) is 10.1. The molecule has 7 heteroatoms. The van der Waals surface area contributed by atoms with Crippen LogP contribution in [0.25, 0.3) is 0 Å². The molecule has 0 atom stereocenters. The molecule has 9 aromatic rings. The first-order valence-corrected chi connectivity index (χ1v) is 28.6. The van der Waals surface area contributed by atoms with Gasteiger partial charge < -0.3 is 0 Å². The zero-order valence-electron chi connectivity index (χ0n) is 33.7. The zero-order valence-corrected chi connectivity index (χ0v) is 38.5. The fourth-order valence-corrected chi connectivity index (χ4v) is 31.7. The Bertz CT molecular complexity index is 2110. The molecule has 0 aliphatic rings. The number of hydrogen-bond acceptors (Lipinski definition) is 3. The van der Waals surface area contributed by atoms with Crippen LogP contribution in [0.5, 0.6) is 0 Å². The van der Waals surface area contributed by atoms with Crippen molar-refractivity contribution in [1.82, 2.24) is 0 Å². The van der Waals surface area contributed by atoms with Gasteiger partial charge in [0.05, 0.1) is 0 Å². The predicted molar refractivity (Wildman–Crippen MR) is 261 cm³/mol. The average Bonchev–Trinajstić information content (AvgIpc) is 3.36. The van der Waals surface area contributed by atoms with Crippen molar-refractivity contribution in [3.63, 3.8) is 0 Å². The zero-order chi connectivity index (χ0) is 41.2. The van der Waals surface area contributed by atoms with Crippen molar-refractivity contribution in [2.24, 2.45) is 0 Å². The van der Waals surface area contributed by atoms with E-state index in [1.54, 1.807) is 0 Å². The van der Waals surface area contributed by atoms with Crippen molar-refractivity contribution in [2.75, 3.05) is 0 Å². The van der Waals surface area contributed by atoms with Gasteiger partial charge in [0, 0.05) is 0 Å². The molecule has 0 aromatic heterocycles. The van der Waals surface area contributed by atoms with Gasteiger partial charge in [0.15, 0.2) is 0 Å². The van der Waals surface area contributed by atoms with Crippen LogP contribution >= 0.6 is 0 Å². The third kappa shape index (κ3) is 8.04. The minimum absolute atomic E-state index is 1.12. The monoisotopic (exact) mass is 900 g/mol. The van der Waals surface area contributed by atoms with E-state index in [-0.39, 0.29) is 0 Å². The van der Waals surface area contributed by atoms with Crippen molar-refractivity contribution in [3.8, 4) is 0 Å². The van der Waals surface area contributed by atoms with Gasteiger partial charge in [-0.05, 0) is 0 Å². The minimum atomic E-state index is -3.56. The van der Waals surface area contributed by atoms with Crippen LogP contribution in [0, 0.1) is 0 Å². The van der Waals surface area contributed by atoms with Crippen LogP contribution in [0.15, 0.2) is 273 Å². The van der Waals surface area contributed by atoms with E-state index in [0.717, 1.165) is 46.7 Å². The Morgan fingerprint density at radius 3 is 0.410 bits per heavy atom. The maximum atomic E-state index is 8.35. The Kier molecular flexibility index (Phi) is 12.5. The van der Waals surface area contributed by atoms with E-state index >= 15 is 0 Å². The fraction of sp³-hybridized carbons (Fsp3) is 0. The van der Waals surface area contributed by atoms with Gasteiger partial charge in [-0.25, -0.2) is 0 Å². The Morgan fingerprint density at radius 1 is 0.180 bits per heavy atom. The molecule has 0 aliphatic carbocycles. The van der Waals surface area contributed by atoms with Crippen LogP contribution in [0.3, 0.4) is 0 Å². The summed E-state index contributed by atoms with van der Waals surface area (Å²) in [6, 6.07) is 97.1. The summed E-state index contributed by atoms with van der Waals surface area (Å²) in [5.74, 6) is 0. The van der Waals surface area contributed by atoms with E-state index in [4.69, 9.17) is 10.2 Å². The Morgan fingerprint density at radius 2 is 0.295 bits per heavy atom. The van der Waals surface area contributed by atoms with Crippen LogP contribution < -0.4 is 46.7 Å². The Labute approximate surface area is 368 Å². The average molecular weight is 901 g/mol. The summed E-state index contributed by atoms with van der Waals surface area (Å²) in [7, 11) is -10.3. The normalized spacial score (nSPS) is 12.0. The summed E-state index contributed by atoms with van der Waals surface area (Å²) in [6.45, 7) is 0. The van der Waals surface area contributed by atoms with E-state index < -0.39 is 40.6 Å². The first-order chi connectivity index (χ1) is 30.2. The molecule has 0 fully saturated rings. The first kappa shape index (κ1) is 40.5. The molecule has 0 aliphatic heterocycles. The molecule has 61 heavy (non-hydrogen) atoms. The standard InChI is InChI=1S/C54H45AsO3Si3/c1-10-28-46(29-11-1)59(47-30-12-2-13-31-47,48-32-14-3-15-33-48)56-55(57-60(49-34-16-4-17-35-49,50-36-18-5-19-37-50)51-38-20-6-21-39-51)58-61(52-40-22-7-23-41-52,53-42-24-8-25-43-53)54-44-26-9-27-45-54/h1-45H. The molecule has 0 unspecified atom stereocenters. The Balaban J connectivity index is 1.39. The molecular formula is C54H45AsO3Si3. The fourth-order valence-electron chi connectivity index (χ4n) is 8.42. The van der Waals surface area contributed by atoms with E-state index in [9.17, 15) is 0 Å². The van der Waals surface area contributed by atoms with E-state index in [0.29, 0.717) is 0 Å². The molecule has 0 N–H and O–H groups in total. The molecule has 0 bridgehead atoms. The van der Waals surface area contributed by atoms with Crippen LogP contribution in [0.2, 0.25) is 0 Å². The second-order valence-electron chi connectivity index (χ2n) is 14.8. The predicted octanol–water partition coefficient (Wildman–Crippen LogP) is 6.02. The second-order valence-corrected chi connectivity index (χ2v) is 29.1. The van der Waals surface area contributed by atoms with Crippen molar-refractivity contribution < 1.29 is 10.2 Å². The first-order valence-electron chi connectivity index (χ1n) is 20.6. The van der Waals surface area contributed by atoms with Gasteiger partial charge in [0.1, 0.15) is 0 Å². The molecule has 0 saturated heterocycles. The van der Waals surface area contributed by atoms with Crippen LogP contribution in [-0.2, 0) is 10.2 Å². The van der Waals surface area contributed by atoms with Crippen LogP contribution in [-0.4, -0.2) is 40.6 Å². The molecule has 9 aromatic carbocycles. The van der Waals surface area contributed by atoms with Gasteiger partial charge in [-0.2, -0.15) is 0 Å². The summed E-state index contributed by atoms with van der Waals surface area (Å²) in [6.07, 6.45) is 0. The molecule has 9 rings (SSSR count). The number of rotatable bonds is 15. The van der Waals surface area contributed by atoms with Gasteiger partial charge in [0.2, 0.25) is 0 Å². The summed E-state index contributed by atoms with van der Waals surface area (Å²) >= 11 is -3.56. The van der Waals surface area contributed by atoms with Crippen molar-refractivity contribution in [2.45, 2.75) is 0 Å². The van der Waals surface area contributed by atoms with Gasteiger partial charge in [-0.1, -0.05) is 0 Å². The molecular weight excluding hydrogens is 856 g/mol.